The van der Waals surface area contributed by atoms with Crippen molar-refractivity contribution in [3.63, 3.8) is 0 Å². The van der Waals surface area contributed by atoms with Crippen LogP contribution in [0.1, 0.15) is 22.3 Å². The molecule has 0 atom stereocenters. The van der Waals surface area contributed by atoms with Crippen molar-refractivity contribution in [1.82, 2.24) is 0 Å². The summed E-state index contributed by atoms with van der Waals surface area (Å²) < 4.78 is 5.36. The van der Waals surface area contributed by atoms with E-state index in [1.165, 1.54) is 0 Å². The summed E-state index contributed by atoms with van der Waals surface area (Å²) in [6, 6.07) is 14.3. The molecule has 0 spiro atoms. The summed E-state index contributed by atoms with van der Waals surface area (Å²) in [6.45, 7) is 2.18. The van der Waals surface area contributed by atoms with Gasteiger partial charge in [0.15, 0.2) is 0 Å². The molecule has 3 N–H and O–H groups in total. The van der Waals surface area contributed by atoms with Crippen LogP contribution in [0.4, 0.5) is 5.69 Å². The molecule has 0 saturated carbocycles. The van der Waals surface area contributed by atoms with Gasteiger partial charge in [0.1, 0.15) is 5.75 Å². The van der Waals surface area contributed by atoms with Crippen molar-refractivity contribution < 1.29 is 14.3 Å². The number of carbonyl (C=O) groups excluding carboxylic acids is 2. The summed E-state index contributed by atoms with van der Waals surface area (Å²) in [6.07, 6.45) is 0.172. The number of nitrogens with one attached hydrogen (secondary N) is 1. The highest BCUT2D eigenvalue weighted by Crippen LogP contribution is 2.17. The fourth-order valence-electron chi connectivity index (χ4n) is 1.89. The van der Waals surface area contributed by atoms with Gasteiger partial charge in [0.2, 0.25) is 5.91 Å². The van der Waals surface area contributed by atoms with E-state index in [4.69, 9.17) is 10.5 Å². The SMILES string of the molecule is Cc1cccc(C(=O)Nc2ccc(OCCC(N)=O)cc2)c1. The molecule has 0 aromatic heterocycles. The molecule has 0 heterocycles. The largest absolute Gasteiger partial charge is 0.493 e. The number of hydrogen-bond acceptors (Lipinski definition) is 3. The number of carbonyl (C=O) groups is 2. The fourth-order valence-corrected chi connectivity index (χ4v) is 1.89. The van der Waals surface area contributed by atoms with Crippen LogP contribution in [0.3, 0.4) is 0 Å². The van der Waals surface area contributed by atoms with Crippen molar-refractivity contribution >= 4 is 17.5 Å². The lowest BCUT2D eigenvalue weighted by molar-refractivity contribution is -0.118. The maximum Gasteiger partial charge on any atom is 0.255 e. The number of benzene rings is 2. The predicted molar refractivity (Wildman–Crippen MR) is 84.9 cm³/mol. The molecule has 0 fully saturated rings. The zero-order valence-electron chi connectivity index (χ0n) is 12.3. The Morgan fingerprint density at radius 3 is 2.50 bits per heavy atom. The topological polar surface area (TPSA) is 81.4 Å². The molecule has 0 aliphatic carbocycles. The summed E-state index contributed by atoms with van der Waals surface area (Å²) >= 11 is 0. The van der Waals surface area contributed by atoms with Gasteiger partial charge in [0.05, 0.1) is 13.0 Å². The molecule has 0 bridgehead atoms. The highest BCUT2D eigenvalue weighted by atomic mass is 16.5. The third kappa shape index (κ3) is 4.63. The molecule has 0 saturated heterocycles. The summed E-state index contributed by atoms with van der Waals surface area (Å²) in [4.78, 5) is 22.7. The Kier molecular flexibility index (Phi) is 5.14. The van der Waals surface area contributed by atoms with Crippen LogP contribution in [0.15, 0.2) is 48.5 Å². The number of hydrogen-bond donors (Lipinski definition) is 2. The van der Waals surface area contributed by atoms with E-state index in [9.17, 15) is 9.59 Å². The molecule has 0 aliphatic rings. The van der Waals surface area contributed by atoms with Crippen LogP contribution >= 0.6 is 0 Å². The van der Waals surface area contributed by atoms with Gasteiger partial charge in [0.25, 0.3) is 5.91 Å². The molecule has 0 aliphatic heterocycles. The number of amides is 2. The highest BCUT2D eigenvalue weighted by molar-refractivity contribution is 6.04. The van der Waals surface area contributed by atoms with Crippen molar-refractivity contribution in [3.05, 3.63) is 59.7 Å². The van der Waals surface area contributed by atoms with Gasteiger partial charge >= 0.3 is 0 Å². The van der Waals surface area contributed by atoms with Crippen molar-refractivity contribution in [3.8, 4) is 5.75 Å². The summed E-state index contributed by atoms with van der Waals surface area (Å²) in [5, 5.41) is 2.82. The Hall–Kier alpha value is -2.82. The quantitative estimate of drug-likeness (QED) is 0.859. The number of anilines is 1. The van der Waals surface area contributed by atoms with Gasteiger partial charge in [-0.2, -0.15) is 0 Å². The van der Waals surface area contributed by atoms with Gasteiger partial charge in [-0.15, -0.1) is 0 Å². The van der Waals surface area contributed by atoms with Gasteiger partial charge < -0.3 is 15.8 Å². The van der Waals surface area contributed by atoms with E-state index in [2.05, 4.69) is 5.32 Å². The Morgan fingerprint density at radius 2 is 1.86 bits per heavy atom. The third-order valence-corrected chi connectivity index (χ3v) is 3.01. The van der Waals surface area contributed by atoms with E-state index in [0.29, 0.717) is 17.0 Å². The van der Waals surface area contributed by atoms with Crippen LogP contribution in [0, 0.1) is 6.92 Å². The average Bonchev–Trinajstić information content (AvgIpc) is 2.48. The normalized spacial score (nSPS) is 10.0. The van der Waals surface area contributed by atoms with E-state index in [1.807, 2.05) is 25.1 Å². The second-order valence-corrected chi connectivity index (χ2v) is 4.91. The molecule has 2 aromatic rings. The molecule has 0 unspecified atom stereocenters. The van der Waals surface area contributed by atoms with Gasteiger partial charge in [-0.1, -0.05) is 17.7 Å². The monoisotopic (exact) mass is 298 g/mol. The maximum absolute atomic E-state index is 12.1. The second kappa shape index (κ2) is 7.26. The maximum atomic E-state index is 12.1. The number of rotatable bonds is 6. The van der Waals surface area contributed by atoms with Crippen LogP contribution in [0.2, 0.25) is 0 Å². The first-order valence-electron chi connectivity index (χ1n) is 6.94. The Balaban J connectivity index is 1.93. The van der Waals surface area contributed by atoms with E-state index in [1.54, 1.807) is 30.3 Å². The summed E-state index contributed by atoms with van der Waals surface area (Å²) in [5.41, 5.74) is 7.36. The molecule has 2 amide bonds. The first-order chi connectivity index (χ1) is 10.5. The van der Waals surface area contributed by atoms with Crippen LogP contribution in [0.5, 0.6) is 5.75 Å². The van der Waals surface area contributed by atoms with Crippen molar-refractivity contribution in [1.29, 1.82) is 0 Å². The van der Waals surface area contributed by atoms with Crippen LogP contribution in [0.25, 0.3) is 0 Å². The molecule has 22 heavy (non-hydrogen) atoms. The fraction of sp³-hybridized carbons (Fsp3) is 0.176. The lowest BCUT2D eigenvalue weighted by Gasteiger charge is -2.08. The minimum Gasteiger partial charge on any atom is -0.493 e. The lowest BCUT2D eigenvalue weighted by Crippen LogP contribution is -2.14. The van der Waals surface area contributed by atoms with E-state index >= 15 is 0 Å². The highest BCUT2D eigenvalue weighted by Gasteiger charge is 2.06. The second-order valence-electron chi connectivity index (χ2n) is 4.91. The number of nitrogens with two attached hydrogens (primary N) is 1. The van der Waals surface area contributed by atoms with Crippen LogP contribution in [-0.2, 0) is 4.79 Å². The minimum atomic E-state index is -0.401. The van der Waals surface area contributed by atoms with Gasteiger partial charge in [-0.25, -0.2) is 0 Å². The molecular weight excluding hydrogens is 280 g/mol. The van der Waals surface area contributed by atoms with E-state index in [-0.39, 0.29) is 18.9 Å². The predicted octanol–water partition coefficient (Wildman–Crippen LogP) is 2.50. The average molecular weight is 298 g/mol. The minimum absolute atomic E-state index is 0.161. The zero-order valence-corrected chi connectivity index (χ0v) is 12.3. The first kappa shape index (κ1) is 15.6. The Bertz CT molecular complexity index is 666. The molecule has 114 valence electrons. The summed E-state index contributed by atoms with van der Waals surface area (Å²) in [5.74, 6) is 0.0583. The molecule has 5 heteroatoms. The van der Waals surface area contributed by atoms with Crippen molar-refractivity contribution in [2.75, 3.05) is 11.9 Å². The van der Waals surface area contributed by atoms with E-state index < -0.39 is 5.91 Å². The van der Waals surface area contributed by atoms with Crippen LogP contribution in [-0.4, -0.2) is 18.4 Å². The smallest absolute Gasteiger partial charge is 0.255 e. The van der Waals surface area contributed by atoms with Gasteiger partial charge in [0, 0.05) is 11.3 Å². The van der Waals surface area contributed by atoms with Gasteiger partial charge in [-0.05, 0) is 43.3 Å². The Morgan fingerprint density at radius 1 is 1.14 bits per heavy atom. The molecule has 2 aromatic carbocycles. The van der Waals surface area contributed by atoms with Crippen molar-refractivity contribution in [2.45, 2.75) is 13.3 Å². The molecule has 2 rings (SSSR count). The zero-order chi connectivity index (χ0) is 15.9. The van der Waals surface area contributed by atoms with E-state index in [0.717, 1.165) is 5.56 Å². The van der Waals surface area contributed by atoms with Crippen molar-refractivity contribution in [2.24, 2.45) is 5.73 Å². The first-order valence-corrected chi connectivity index (χ1v) is 6.94. The van der Waals surface area contributed by atoms with Gasteiger partial charge in [-0.3, -0.25) is 9.59 Å². The Labute approximate surface area is 129 Å². The third-order valence-electron chi connectivity index (χ3n) is 3.01. The number of primary amides is 1. The standard InChI is InChI=1S/C17H18N2O3/c1-12-3-2-4-13(11-12)17(21)19-14-5-7-15(8-6-14)22-10-9-16(18)20/h2-8,11H,9-10H2,1H3,(H2,18,20)(H,19,21). The molecule has 5 nitrogen and oxygen atoms in total. The van der Waals surface area contributed by atoms with Crippen LogP contribution < -0.4 is 15.8 Å². The number of ether oxygens (including phenoxy) is 1. The summed E-state index contributed by atoms with van der Waals surface area (Å²) in [7, 11) is 0. The molecule has 0 radical (unpaired) electrons. The molecular formula is C17H18N2O3. The number of aryl methyl sites for hydroxylation is 1. The lowest BCUT2D eigenvalue weighted by atomic mass is 10.1.